The van der Waals surface area contributed by atoms with E-state index < -0.39 is 0 Å². The molecule has 1 aliphatic heterocycles. The molecule has 1 heterocycles. The first-order valence-corrected chi connectivity index (χ1v) is 6.40. The minimum Gasteiger partial charge on any atom is -0.350 e. The highest BCUT2D eigenvalue weighted by Crippen LogP contribution is 2.10. The van der Waals surface area contributed by atoms with Crippen molar-refractivity contribution in [3.8, 4) is 0 Å². The standard InChI is InChI=1S/C12H23N3O2.ClH/c1-3-4-11(16)14-8-12(17)15-10-7-13-6-5-9(10)2;/h9-10,13H,3-8H2,1-2H3,(H,14,16)(H,15,17);1H. The number of carbonyl (C=O) groups is 2. The number of hydrogen-bond acceptors (Lipinski definition) is 3. The maximum Gasteiger partial charge on any atom is 0.239 e. The topological polar surface area (TPSA) is 70.2 Å². The van der Waals surface area contributed by atoms with Crippen LogP contribution in [0.2, 0.25) is 0 Å². The lowest BCUT2D eigenvalue weighted by Gasteiger charge is -2.30. The van der Waals surface area contributed by atoms with Crippen molar-refractivity contribution in [2.75, 3.05) is 19.6 Å². The molecule has 0 radical (unpaired) electrons. The highest BCUT2D eigenvalue weighted by atomic mass is 35.5. The van der Waals surface area contributed by atoms with E-state index in [9.17, 15) is 9.59 Å². The van der Waals surface area contributed by atoms with E-state index in [1.807, 2.05) is 6.92 Å². The van der Waals surface area contributed by atoms with Gasteiger partial charge in [0, 0.05) is 19.0 Å². The number of carbonyl (C=O) groups excluding carboxylic acids is 2. The fourth-order valence-corrected chi connectivity index (χ4v) is 1.94. The first kappa shape index (κ1) is 17.2. The summed E-state index contributed by atoms with van der Waals surface area (Å²) in [4.78, 5) is 22.8. The lowest BCUT2D eigenvalue weighted by atomic mass is 9.95. The third-order valence-corrected chi connectivity index (χ3v) is 3.10. The van der Waals surface area contributed by atoms with Crippen LogP contribution in [-0.4, -0.2) is 37.5 Å². The van der Waals surface area contributed by atoms with Crippen LogP contribution >= 0.6 is 12.4 Å². The van der Waals surface area contributed by atoms with Gasteiger partial charge in [-0.25, -0.2) is 0 Å². The Morgan fingerprint density at radius 3 is 2.67 bits per heavy atom. The largest absolute Gasteiger partial charge is 0.350 e. The Bertz CT molecular complexity index is 274. The Balaban J connectivity index is 0.00000289. The van der Waals surface area contributed by atoms with E-state index in [2.05, 4.69) is 22.9 Å². The van der Waals surface area contributed by atoms with Crippen LogP contribution < -0.4 is 16.0 Å². The van der Waals surface area contributed by atoms with E-state index in [0.29, 0.717) is 12.3 Å². The molecule has 0 aromatic rings. The van der Waals surface area contributed by atoms with Gasteiger partial charge in [-0.2, -0.15) is 0 Å². The van der Waals surface area contributed by atoms with Crippen LogP contribution in [0, 0.1) is 5.92 Å². The van der Waals surface area contributed by atoms with Crippen molar-refractivity contribution < 1.29 is 9.59 Å². The molecular formula is C12H24ClN3O2. The number of amides is 2. The van der Waals surface area contributed by atoms with Crippen molar-refractivity contribution in [1.29, 1.82) is 0 Å². The second-order valence-electron chi connectivity index (χ2n) is 4.67. The van der Waals surface area contributed by atoms with Crippen molar-refractivity contribution in [3.05, 3.63) is 0 Å². The highest BCUT2D eigenvalue weighted by molar-refractivity contribution is 5.85. The Hall–Kier alpha value is -0.810. The normalized spacial score (nSPS) is 22.8. The van der Waals surface area contributed by atoms with Gasteiger partial charge in [0.15, 0.2) is 0 Å². The smallest absolute Gasteiger partial charge is 0.239 e. The average molecular weight is 278 g/mol. The maximum atomic E-state index is 11.6. The molecule has 5 nitrogen and oxygen atoms in total. The van der Waals surface area contributed by atoms with Gasteiger partial charge in [-0.15, -0.1) is 12.4 Å². The number of nitrogens with one attached hydrogen (secondary N) is 3. The third kappa shape index (κ3) is 6.21. The molecule has 18 heavy (non-hydrogen) atoms. The maximum absolute atomic E-state index is 11.6. The summed E-state index contributed by atoms with van der Waals surface area (Å²) in [5.41, 5.74) is 0. The van der Waals surface area contributed by atoms with Gasteiger partial charge >= 0.3 is 0 Å². The molecule has 1 saturated heterocycles. The van der Waals surface area contributed by atoms with E-state index in [0.717, 1.165) is 25.9 Å². The molecule has 0 aromatic carbocycles. The molecule has 2 unspecified atom stereocenters. The molecular weight excluding hydrogens is 254 g/mol. The van der Waals surface area contributed by atoms with Gasteiger partial charge in [-0.1, -0.05) is 13.8 Å². The van der Waals surface area contributed by atoms with Gasteiger partial charge in [-0.05, 0) is 25.3 Å². The summed E-state index contributed by atoms with van der Waals surface area (Å²) in [7, 11) is 0. The molecule has 106 valence electrons. The van der Waals surface area contributed by atoms with Crippen LogP contribution in [-0.2, 0) is 9.59 Å². The van der Waals surface area contributed by atoms with Crippen LogP contribution in [0.25, 0.3) is 0 Å². The van der Waals surface area contributed by atoms with Crippen molar-refractivity contribution in [3.63, 3.8) is 0 Å². The molecule has 0 saturated carbocycles. The molecule has 1 aliphatic rings. The van der Waals surface area contributed by atoms with Crippen LogP contribution in [0.15, 0.2) is 0 Å². The fourth-order valence-electron chi connectivity index (χ4n) is 1.94. The number of piperidine rings is 1. The fraction of sp³-hybridized carbons (Fsp3) is 0.833. The Morgan fingerprint density at radius 1 is 1.33 bits per heavy atom. The third-order valence-electron chi connectivity index (χ3n) is 3.10. The first-order valence-electron chi connectivity index (χ1n) is 6.40. The molecule has 2 amide bonds. The summed E-state index contributed by atoms with van der Waals surface area (Å²) in [6.45, 7) is 6.00. The number of rotatable bonds is 5. The average Bonchev–Trinajstić information content (AvgIpc) is 2.30. The van der Waals surface area contributed by atoms with Crippen LogP contribution in [0.1, 0.15) is 33.1 Å². The summed E-state index contributed by atoms with van der Waals surface area (Å²) in [6.07, 6.45) is 2.36. The molecule has 1 fully saturated rings. The molecule has 0 spiro atoms. The van der Waals surface area contributed by atoms with E-state index >= 15 is 0 Å². The van der Waals surface area contributed by atoms with Gasteiger partial charge in [-0.3, -0.25) is 9.59 Å². The summed E-state index contributed by atoms with van der Waals surface area (Å²) in [6, 6.07) is 0.180. The van der Waals surface area contributed by atoms with Gasteiger partial charge < -0.3 is 16.0 Å². The minimum absolute atomic E-state index is 0. The monoisotopic (exact) mass is 277 g/mol. The van der Waals surface area contributed by atoms with Crippen molar-refractivity contribution in [1.82, 2.24) is 16.0 Å². The number of halogens is 1. The molecule has 0 aromatic heterocycles. The summed E-state index contributed by atoms with van der Waals surface area (Å²) in [5.74, 6) is 0.332. The first-order chi connectivity index (χ1) is 8.13. The van der Waals surface area contributed by atoms with Crippen molar-refractivity contribution in [2.24, 2.45) is 5.92 Å². The predicted octanol–water partition coefficient (Wildman–Crippen LogP) is 0.439. The quantitative estimate of drug-likeness (QED) is 0.683. The van der Waals surface area contributed by atoms with E-state index in [1.54, 1.807) is 0 Å². The predicted molar refractivity (Wildman–Crippen MR) is 73.7 cm³/mol. The van der Waals surface area contributed by atoms with Crippen LogP contribution in [0.5, 0.6) is 0 Å². The molecule has 2 atom stereocenters. The van der Waals surface area contributed by atoms with Gasteiger partial charge in [0.25, 0.3) is 0 Å². The zero-order valence-corrected chi connectivity index (χ0v) is 11.9. The van der Waals surface area contributed by atoms with Crippen molar-refractivity contribution >= 4 is 24.2 Å². The lowest BCUT2D eigenvalue weighted by Crippen LogP contribution is -2.52. The molecule has 0 bridgehead atoms. The van der Waals surface area contributed by atoms with Crippen LogP contribution in [0.4, 0.5) is 0 Å². The zero-order valence-electron chi connectivity index (χ0n) is 11.1. The van der Waals surface area contributed by atoms with Gasteiger partial charge in [0.05, 0.1) is 6.54 Å². The molecule has 0 aliphatic carbocycles. The molecule has 3 N–H and O–H groups in total. The summed E-state index contributed by atoms with van der Waals surface area (Å²) in [5, 5.41) is 8.82. The minimum atomic E-state index is -0.102. The summed E-state index contributed by atoms with van der Waals surface area (Å²) >= 11 is 0. The van der Waals surface area contributed by atoms with E-state index in [4.69, 9.17) is 0 Å². The number of hydrogen-bond donors (Lipinski definition) is 3. The van der Waals surface area contributed by atoms with Gasteiger partial charge in [0.2, 0.25) is 11.8 Å². The second kappa shape index (κ2) is 9.16. The van der Waals surface area contributed by atoms with E-state index in [1.165, 1.54) is 0 Å². The Morgan fingerprint density at radius 2 is 2.06 bits per heavy atom. The molecule has 6 heteroatoms. The van der Waals surface area contributed by atoms with E-state index in [-0.39, 0.29) is 36.8 Å². The second-order valence-corrected chi connectivity index (χ2v) is 4.67. The Labute approximate surface area is 115 Å². The lowest BCUT2D eigenvalue weighted by molar-refractivity contribution is -0.126. The zero-order chi connectivity index (χ0) is 12.7. The van der Waals surface area contributed by atoms with Crippen molar-refractivity contribution in [2.45, 2.75) is 39.2 Å². The summed E-state index contributed by atoms with van der Waals surface area (Å²) < 4.78 is 0. The highest BCUT2D eigenvalue weighted by Gasteiger charge is 2.22. The van der Waals surface area contributed by atoms with Gasteiger partial charge in [0.1, 0.15) is 0 Å². The molecule has 1 rings (SSSR count). The van der Waals surface area contributed by atoms with Crippen LogP contribution in [0.3, 0.4) is 0 Å². The Kier molecular flexibility index (Phi) is 8.75. The SMILES string of the molecule is CCCC(=O)NCC(=O)NC1CNCCC1C.Cl.